The van der Waals surface area contributed by atoms with E-state index in [0.29, 0.717) is 6.54 Å². The Hall–Kier alpha value is -1.35. The summed E-state index contributed by atoms with van der Waals surface area (Å²) in [7, 11) is 0. The molecule has 3 N–H and O–H groups in total. The van der Waals surface area contributed by atoms with Crippen LogP contribution in [0.25, 0.3) is 0 Å². The van der Waals surface area contributed by atoms with Crippen molar-refractivity contribution >= 4 is 5.91 Å². The van der Waals surface area contributed by atoms with Gasteiger partial charge in [-0.1, -0.05) is 44.2 Å². The number of benzene rings is 1. The van der Waals surface area contributed by atoms with Crippen LogP contribution in [0.3, 0.4) is 0 Å². The molecule has 88 valence electrons. The van der Waals surface area contributed by atoms with E-state index in [-0.39, 0.29) is 17.9 Å². The minimum absolute atomic E-state index is 0.0261. The third-order valence-electron chi connectivity index (χ3n) is 2.73. The maximum absolute atomic E-state index is 11.7. The first-order valence-corrected chi connectivity index (χ1v) is 5.74. The quantitative estimate of drug-likeness (QED) is 0.795. The predicted octanol–water partition coefficient (Wildman–Crippen LogP) is 1.85. The molecule has 0 aromatic heterocycles. The summed E-state index contributed by atoms with van der Waals surface area (Å²) in [6.45, 7) is 4.29. The molecular weight excluding hydrogens is 200 g/mol. The van der Waals surface area contributed by atoms with Crippen molar-refractivity contribution in [3.63, 3.8) is 0 Å². The van der Waals surface area contributed by atoms with Crippen molar-refractivity contribution in [1.29, 1.82) is 0 Å². The molecular formula is C13H20N2O. The average molecular weight is 220 g/mol. The number of amides is 1. The van der Waals surface area contributed by atoms with Crippen molar-refractivity contribution in [2.45, 2.75) is 26.3 Å². The van der Waals surface area contributed by atoms with Crippen LogP contribution < -0.4 is 11.1 Å². The van der Waals surface area contributed by atoms with E-state index in [9.17, 15) is 4.79 Å². The van der Waals surface area contributed by atoms with Gasteiger partial charge in [0.1, 0.15) is 0 Å². The lowest BCUT2D eigenvalue weighted by Crippen LogP contribution is -2.35. The molecule has 0 heterocycles. The Morgan fingerprint density at radius 2 is 2.00 bits per heavy atom. The molecule has 3 heteroatoms. The van der Waals surface area contributed by atoms with Gasteiger partial charge in [0.05, 0.1) is 6.04 Å². The smallest absolute Gasteiger partial charge is 0.224 e. The van der Waals surface area contributed by atoms with Crippen LogP contribution in [-0.2, 0) is 4.79 Å². The monoisotopic (exact) mass is 220 g/mol. The maximum Gasteiger partial charge on any atom is 0.224 e. The van der Waals surface area contributed by atoms with Crippen LogP contribution in [-0.4, -0.2) is 12.5 Å². The van der Waals surface area contributed by atoms with E-state index in [1.807, 2.05) is 37.3 Å². The number of nitrogens with two attached hydrogens (primary N) is 1. The van der Waals surface area contributed by atoms with Crippen molar-refractivity contribution in [3.8, 4) is 0 Å². The van der Waals surface area contributed by atoms with Gasteiger partial charge >= 0.3 is 0 Å². The second-order valence-electron chi connectivity index (χ2n) is 4.02. The number of nitrogens with one attached hydrogen (secondary N) is 1. The Morgan fingerprint density at radius 3 is 2.50 bits per heavy atom. The lowest BCUT2D eigenvalue weighted by molar-refractivity contribution is -0.125. The highest BCUT2D eigenvalue weighted by Gasteiger charge is 2.16. The van der Waals surface area contributed by atoms with Crippen LogP contribution in [0.15, 0.2) is 30.3 Å². The Bertz CT molecular complexity index is 324. The summed E-state index contributed by atoms with van der Waals surface area (Å²) in [6.07, 6.45) is 0.882. The first-order valence-electron chi connectivity index (χ1n) is 5.74. The molecule has 0 spiro atoms. The van der Waals surface area contributed by atoms with Gasteiger partial charge in [0.25, 0.3) is 0 Å². The number of hydrogen-bond donors (Lipinski definition) is 2. The van der Waals surface area contributed by atoms with Gasteiger partial charge in [-0.05, 0) is 12.0 Å². The van der Waals surface area contributed by atoms with E-state index in [4.69, 9.17) is 5.73 Å². The first kappa shape index (κ1) is 12.7. The Balaban J connectivity index is 2.66. The zero-order valence-corrected chi connectivity index (χ0v) is 9.94. The van der Waals surface area contributed by atoms with Crippen LogP contribution in [0.1, 0.15) is 31.9 Å². The van der Waals surface area contributed by atoms with Crippen LogP contribution in [0.2, 0.25) is 0 Å². The van der Waals surface area contributed by atoms with Gasteiger partial charge in [0.15, 0.2) is 0 Å². The van der Waals surface area contributed by atoms with Crippen molar-refractivity contribution in [1.82, 2.24) is 5.32 Å². The Morgan fingerprint density at radius 1 is 1.38 bits per heavy atom. The van der Waals surface area contributed by atoms with Crippen LogP contribution >= 0.6 is 0 Å². The van der Waals surface area contributed by atoms with Crippen molar-refractivity contribution in [2.24, 2.45) is 11.7 Å². The first-order chi connectivity index (χ1) is 7.69. The molecule has 0 fully saturated rings. The fraction of sp³-hybridized carbons (Fsp3) is 0.462. The molecule has 0 saturated heterocycles. The Kier molecular flexibility index (Phi) is 4.99. The molecule has 3 nitrogen and oxygen atoms in total. The standard InChI is InChI=1S/C13H20N2O/c1-3-12(11-7-5-4-6-8-11)15-13(16)10(2)9-14/h4-8,10,12H,3,9,14H2,1-2H3,(H,15,16)/t10-,12-/m1/s1. The zero-order chi connectivity index (χ0) is 12.0. The fourth-order valence-electron chi connectivity index (χ4n) is 1.53. The summed E-state index contributed by atoms with van der Waals surface area (Å²) in [6, 6.07) is 10.1. The van der Waals surface area contributed by atoms with Gasteiger partial charge in [-0.2, -0.15) is 0 Å². The van der Waals surface area contributed by atoms with Gasteiger partial charge < -0.3 is 11.1 Å². The maximum atomic E-state index is 11.7. The van der Waals surface area contributed by atoms with E-state index >= 15 is 0 Å². The number of carbonyl (C=O) groups excluding carboxylic acids is 1. The van der Waals surface area contributed by atoms with E-state index in [1.54, 1.807) is 0 Å². The molecule has 0 bridgehead atoms. The van der Waals surface area contributed by atoms with E-state index < -0.39 is 0 Å². The second-order valence-corrected chi connectivity index (χ2v) is 4.02. The third-order valence-corrected chi connectivity index (χ3v) is 2.73. The summed E-state index contributed by atoms with van der Waals surface area (Å²) in [5.41, 5.74) is 6.61. The summed E-state index contributed by atoms with van der Waals surface area (Å²) in [5.74, 6) is -0.101. The van der Waals surface area contributed by atoms with Crippen LogP contribution in [0.4, 0.5) is 0 Å². The molecule has 0 aliphatic heterocycles. The highest BCUT2D eigenvalue weighted by molar-refractivity contribution is 5.78. The minimum atomic E-state index is -0.127. The van der Waals surface area contributed by atoms with Crippen molar-refractivity contribution in [3.05, 3.63) is 35.9 Å². The van der Waals surface area contributed by atoms with E-state index in [1.165, 1.54) is 0 Å². The number of carbonyl (C=O) groups is 1. The summed E-state index contributed by atoms with van der Waals surface area (Å²) >= 11 is 0. The second kappa shape index (κ2) is 6.28. The number of hydrogen-bond acceptors (Lipinski definition) is 2. The van der Waals surface area contributed by atoms with Crippen LogP contribution in [0.5, 0.6) is 0 Å². The summed E-state index contributed by atoms with van der Waals surface area (Å²) in [5, 5.41) is 3.01. The highest BCUT2D eigenvalue weighted by Crippen LogP contribution is 2.16. The topological polar surface area (TPSA) is 55.1 Å². The molecule has 0 radical (unpaired) electrons. The van der Waals surface area contributed by atoms with Gasteiger partial charge in [0.2, 0.25) is 5.91 Å². The molecule has 0 aliphatic carbocycles. The van der Waals surface area contributed by atoms with Gasteiger partial charge in [-0.3, -0.25) is 4.79 Å². The molecule has 1 aromatic carbocycles. The molecule has 16 heavy (non-hydrogen) atoms. The normalized spacial score (nSPS) is 14.2. The van der Waals surface area contributed by atoms with Crippen molar-refractivity contribution in [2.75, 3.05) is 6.54 Å². The van der Waals surface area contributed by atoms with Gasteiger partial charge in [0, 0.05) is 12.5 Å². The SMILES string of the molecule is CC[C@@H](NC(=O)[C@H](C)CN)c1ccccc1. The molecule has 2 atom stereocenters. The molecule has 1 amide bonds. The third kappa shape index (κ3) is 3.35. The summed E-state index contributed by atoms with van der Waals surface area (Å²) < 4.78 is 0. The van der Waals surface area contributed by atoms with Crippen molar-refractivity contribution < 1.29 is 4.79 Å². The molecule has 0 aliphatic rings. The molecule has 1 rings (SSSR count). The largest absolute Gasteiger partial charge is 0.349 e. The zero-order valence-electron chi connectivity index (χ0n) is 9.94. The highest BCUT2D eigenvalue weighted by atomic mass is 16.1. The molecule has 0 unspecified atom stereocenters. The van der Waals surface area contributed by atoms with E-state index in [2.05, 4.69) is 12.2 Å². The minimum Gasteiger partial charge on any atom is -0.349 e. The van der Waals surface area contributed by atoms with Gasteiger partial charge in [-0.15, -0.1) is 0 Å². The average Bonchev–Trinajstić information content (AvgIpc) is 2.35. The number of rotatable bonds is 5. The lowest BCUT2D eigenvalue weighted by atomic mass is 10.0. The molecule has 1 aromatic rings. The van der Waals surface area contributed by atoms with Gasteiger partial charge in [-0.25, -0.2) is 0 Å². The predicted molar refractivity (Wildman–Crippen MR) is 65.8 cm³/mol. The lowest BCUT2D eigenvalue weighted by Gasteiger charge is -2.19. The molecule has 0 saturated carbocycles. The fourth-order valence-corrected chi connectivity index (χ4v) is 1.53. The summed E-state index contributed by atoms with van der Waals surface area (Å²) in [4.78, 5) is 11.7. The van der Waals surface area contributed by atoms with Crippen LogP contribution in [0, 0.1) is 5.92 Å². The Labute approximate surface area is 97.0 Å². The van der Waals surface area contributed by atoms with E-state index in [0.717, 1.165) is 12.0 Å².